The van der Waals surface area contributed by atoms with E-state index in [1.807, 2.05) is 4.90 Å². The van der Waals surface area contributed by atoms with Gasteiger partial charge < -0.3 is 4.90 Å². The van der Waals surface area contributed by atoms with Crippen LogP contribution in [0.15, 0.2) is 176 Å². The number of halogens is 2. The van der Waals surface area contributed by atoms with Gasteiger partial charge in [0.2, 0.25) is 0 Å². The third-order valence-electron chi connectivity index (χ3n) is 9.55. The number of nitrogens with zero attached hydrogens (tertiary/aromatic N) is 1. The van der Waals surface area contributed by atoms with Gasteiger partial charge >= 0.3 is 0 Å². The molecule has 1 aliphatic rings. The van der Waals surface area contributed by atoms with Crippen LogP contribution in [0, 0.1) is 11.6 Å². The van der Waals surface area contributed by atoms with E-state index in [1.54, 1.807) is 24.3 Å². The fourth-order valence-corrected chi connectivity index (χ4v) is 7.36. The molecule has 49 heavy (non-hydrogen) atoms. The summed E-state index contributed by atoms with van der Waals surface area (Å²) in [4.78, 5) is 2.01. The molecule has 0 bridgehead atoms. The quantitative estimate of drug-likeness (QED) is 0.176. The average molecular weight is 634 g/mol. The molecule has 0 unspecified atom stereocenters. The van der Waals surface area contributed by atoms with E-state index in [9.17, 15) is 8.78 Å². The van der Waals surface area contributed by atoms with E-state index in [1.165, 1.54) is 79.5 Å². The van der Waals surface area contributed by atoms with Crippen molar-refractivity contribution in [2.75, 3.05) is 4.90 Å². The van der Waals surface area contributed by atoms with Gasteiger partial charge in [0.25, 0.3) is 0 Å². The molecule has 8 aromatic rings. The van der Waals surface area contributed by atoms with Crippen molar-refractivity contribution >= 4 is 27.8 Å². The number of anilines is 3. The van der Waals surface area contributed by atoms with Crippen molar-refractivity contribution in [3.8, 4) is 55.6 Å². The SMILES string of the molecule is Fc1ccc(N(c2ccc(F)cc2)c2ccc(-c3ccc4cccc5c4c3-c3c(-c4ccccc4)ccc(-c4ccccc4)c3-5)cc2)cc1. The molecule has 232 valence electrons. The lowest BCUT2D eigenvalue weighted by molar-refractivity contribution is 0.628. The minimum atomic E-state index is -0.308. The van der Waals surface area contributed by atoms with Crippen LogP contribution in [0.25, 0.3) is 66.4 Å². The Bertz CT molecular complexity index is 2420. The van der Waals surface area contributed by atoms with Crippen molar-refractivity contribution in [3.63, 3.8) is 0 Å². The first kappa shape index (κ1) is 28.9. The second-order valence-electron chi connectivity index (χ2n) is 12.4. The van der Waals surface area contributed by atoms with Crippen LogP contribution in [0.2, 0.25) is 0 Å². The number of hydrogen-bond acceptors (Lipinski definition) is 1. The second-order valence-corrected chi connectivity index (χ2v) is 12.4. The first-order chi connectivity index (χ1) is 24.1. The predicted molar refractivity (Wildman–Crippen MR) is 199 cm³/mol. The normalized spacial score (nSPS) is 11.5. The monoisotopic (exact) mass is 633 g/mol. The fourth-order valence-electron chi connectivity index (χ4n) is 7.36. The Hall–Kier alpha value is -6.32. The van der Waals surface area contributed by atoms with Gasteiger partial charge in [0.1, 0.15) is 11.6 Å². The Kier molecular flexibility index (Phi) is 6.91. The summed E-state index contributed by atoms with van der Waals surface area (Å²) < 4.78 is 27.9. The van der Waals surface area contributed by atoms with Gasteiger partial charge in [0.15, 0.2) is 0 Å². The van der Waals surface area contributed by atoms with Gasteiger partial charge in [-0.25, -0.2) is 8.78 Å². The van der Waals surface area contributed by atoms with Crippen LogP contribution in [-0.4, -0.2) is 0 Å². The second kappa shape index (κ2) is 11.7. The third-order valence-corrected chi connectivity index (χ3v) is 9.55. The minimum Gasteiger partial charge on any atom is -0.310 e. The Morgan fingerprint density at radius 1 is 0.306 bits per heavy atom. The lowest BCUT2D eigenvalue weighted by Crippen LogP contribution is -2.09. The summed E-state index contributed by atoms with van der Waals surface area (Å²) in [5, 5.41) is 2.47. The van der Waals surface area contributed by atoms with Gasteiger partial charge in [0, 0.05) is 17.1 Å². The summed E-state index contributed by atoms with van der Waals surface area (Å²) in [5.41, 5.74) is 14.5. The van der Waals surface area contributed by atoms with E-state index >= 15 is 0 Å². The lowest BCUT2D eigenvalue weighted by atomic mass is 9.86. The number of benzene rings is 8. The van der Waals surface area contributed by atoms with Crippen molar-refractivity contribution < 1.29 is 8.78 Å². The molecular weight excluding hydrogens is 605 g/mol. The molecule has 1 aliphatic carbocycles. The molecule has 8 aromatic carbocycles. The third kappa shape index (κ3) is 4.90. The molecule has 0 fully saturated rings. The summed E-state index contributed by atoms with van der Waals surface area (Å²) in [6.45, 7) is 0. The van der Waals surface area contributed by atoms with Gasteiger partial charge in [0.05, 0.1) is 0 Å². The Morgan fingerprint density at radius 3 is 1.31 bits per heavy atom. The van der Waals surface area contributed by atoms with Crippen molar-refractivity contribution in [3.05, 3.63) is 188 Å². The molecule has 0 amide bonds. The van der Waals surface area contributed by atoms with Gasteiger partial charge in [-0.05, 0) is 127 Å². The molecule has 0 aromatic heterocycles. The molecule has 0 aliphatic heterocycles. The van der Waals surface area contributed by atoms with Crippen LogP contribution >= 0.6 is 0 Å². The summed E-state index contributed by atoms with van der Waals surface area (Å²) in [6, 6.07) is 58.1. The van der Waals surface area contributed by atoms with Crippen molar-refractivity contribution in [2.45, 2.75) is 0 Å². The molecule has 9 rings (SSSR count). The number of rotatable bonds is 6. The molecule has 0 heterocycles. The molecule has 3 heteroatoms. The van der Waals surface area contributed by atoms with Crippen LogP contribution in [0.3, 0.4) is 0 Å². The Balaban J connectivity index is 1.25. The highest BCUT2D eigenvalue weighted by atomic mass is 19.1. The topological polar surface area (TPSA) is 3.24 Å². The molecular formula is C46H29F2N. The van der Waals surface area contributed by atoms with Crippen molar-refractivity contribution in [1.29, 1.82) is 0 Å². The smallest absolute Gasteiger partial charge is 0.123 e. The number of hydrogen-bond donors (Lipinski definition) is 0. The lowest BCUT2D eigenvalue weighted by Gasteiger charge is -2.25. The Morgan fingerprint density at radius 2 is 0.755 bits per heavy atom. The highest BCUT2D eigenvalue weighted by Gasteiger charge is 2.30. The van der Waals surface area contributed by atoms with Crippen molar-refractivity contribution in [2.24, 2.45) is 0 Å². The average Bonchev–Trinajstić information content (AvgIpc) is 3.51. The summed E-state index contributed by atoms with van der Waals surface area (Å²) in [5.74, 6) is -0.616. The highest BCUT2D eigenvalue weighted by molar-refractivity contribution is 6.24. The molecule has 0 spiro atoms. The highest BCUT2D eigenvalue weighted by Crippen LogP contribution is 2.57. The molecule has 1 nitrogen and oxygen atoms in total. The van der Waals surface area contributed by atoms with E-state index in [4.69, 9.17) is 0 Å². The molecule has 0 saturated heterocycles. The molecule has 0 saturated carbocycles. The maximum Gasteiger partial charge on any atom is 0.123 e. The summed E-state index contributed by atoms with van der Waals surface area (Å²) in [6.07, 6.45) is 0. The fraction of sp³-hybridized carbons (Fsp3) is 0. The van der Waals surface area contributed by atoms with Crippen LogP contribution in [-0.2, 0) is 0 Å². The Labute approximate surface area is 284 Å². The van der Waals surface area contributed by atoms with E-state index in [2.05, 4.69) is 127 Å². The van der Waals surface area contributed by atoms with E-state index in [0.29, 0.717) is 0 Å². The largest absolute Gasteiger partial charge is 0.310 e. The van der Waals surface area contributed by atoms with Crippen LogP contribution in [0.1, 0.15) is 0 Å². The standard InChI is InChI=1S/C46H29F2N/c47-34-17-23-37(24-18-34)49(38-25-19-35(48)20-26-38)36-21-14-32(15-22-36)40-27-16-33-12-7-13-42-43(33)45(40)46-41(31-10-5-2-6-11-31)29-28-39(44(42)46)30-8-3-1-4-9-30/h1-29H. The van der Waals surface area contributed by atoms with Crippen LogP contribution in [0.5, 0.6) is 0 Å². The van der Waals surface area contributed by atoms with Crippen LogP contribution < -0.4 is 4.90 Å². The molecule has 0 atom stereocenters. The zero-order valence-corrected chi connectivity index (χ0v) is 26.4. The van der Waals surface area contributed by atoms with E-state index < -0.39 is 0 Å². The zero-order chi connectivity index (χ0) is 32.9. The van der Waals surface area contributed by atoms with Crippen LogP contribution in [0.4, 0.5) is 25.8 Å². The number of fused-ring (bicyclic) bond motifs is 3. The van der Waals surface area contributed by atoms with Crippen molar-refractivity contribution in [1.82, 2.24) is 0 Å². The van der Waals surface area contributed by atoms with Gasteiger partial charge in [-0.3, -0.25) is 0 Å². The van der Waals surface area contributed by atoms with E-state index in [0.717, 1.165) is 28.2 Å². The first-order valence-electron chi connectivity index (χ1n) is 16.4. The van der Waals surface area contributed by atoms with E-state index in [-0.39, 0.29) is 11.6 Å². The summed E-state index contributed by atoms with van der Waals surface area (Å²) in [7, 11) is 0. The maximum atomic E-state index is 13.9. The first-order valence-corrected chi connectivity index (χ1v) is 16.4. The minimum absolute atomic E-state index is 0.308. The van der Waals surface area contributed by atoms with Gasteiger partial charge in [-0.15, -0.1) is 0 Å². The predicted octanol–water partition coefficient (Wildman–Crippen LogP) is 13.2. The zero-order valence-electron chi connectivity index (χ0n) is 26.4. The molecule has 0 radical (unpaired) electrons. The maximum absolute atomic E-state index is 13.9. The van der Waals surface area contributed by atoms with Gasteiger partial charge in [-0.1, -0.05) is 115 Å². The van der Waals surface area contributed by atoms with Gasteiger partial charge in [-0.2, -0.15) is 0 Å². The molecule has 0 N–H and O–H groups in total. The summed E-state index contributed by atoms with van der Waals surface area (Å²) >= 11 is 0.